The Balaban J connectivity index is 1.65. The van der Waals surface area contributed by atoms with Crippen molar-refractivity contribution in [1.82, 2.24) is 15.1 Å². The largest absolute Gasteiger partial charge is 0.497 e. The highest BCUT2D eigenvalue weighted by molar-refractivity contribution is 7.10. The van der Waals surface area contributed by atoms with E-state index in [9.17, 15) is 4.79 Å². The fraction of sp³-hybridized carbons (Fsp3) is 0.455. The molecule has 0 unspecified atom stereocenters. The lowest BCUT2D eigenvalue weighted by Crippen LogP contribution is -2.41. The zero-order valence-electron chi connectivity index (χ0n) is 18.1. The van der Waals surface area contributed by atoms with Gasteiger partial charge in [-0.1, -0.05) is 0 Å². The molecule has 30 heavy (non-hydrogen) atoms. The van der Waals surface area contributed by atoms with Gasteiger partial charge in [0.15, 0.2) is 5.96 Å². The third-order valence-electron chi connectivity index (χ3n) is 5.12. The van der Waals surface area contributed by atoms with Crippen molar-refractivity contribution in [3.63, 3.8) is 0 Å². The first-order valence-electron chi connectivity index (χ1n) is 10.1. The highest BCUT2D eigenvalue weighted by Crippen LogP contribution is 2.26. The standard InChI is InChI=1S/C22H30N4O3S/c1-5-23-22(25(2)14-16-6-7-18(28-3)12-19(16)29-4)24-13-21(27)26-10-8-20-17(15-26)9-11-30-20/h6-7,9,11-12H,5,8,10,13-15H2,1-4H3,(H,23,24). The quantitative estimate of drug-likeness (QED) is 0.541. The molecule has 2 heterocycles. The maximum absolute atomic E-state index is 12.7. The minimum Gasteiger partial charge on any atom is -0.497 e. The molecule has 3 rings (SSSR count). The lowest BCUT2D eigenvalue weighted by Gasteiger charge is -2.27. The summed E-state index contributed by atoms with van der Waals surface area (Å²) in [6, 6.07) is 7.87. The molecule has 1 aliphatic rings. The molecule has 0 radical (unpaired) electrons. The summed E-state index contributed by atoms with van der Waals surface area (Å²) in [6.45, 7) is 4.90. The van der Waals surface area contributed by atoms with Crippen LogP contribution in [0.1, 0.15) is 22.9 Å². The summed E-state index contributed by atoms with van der Waals surface area (Å²) in [5.41, 5.74) is 2.28. The van der Waals surface area contributed by atoms with E-state index in [0.717, 1.165) is 36.6 Å². The highest BCUT2D eigenvalue weighted by Gasteiger charge is 2.21. The summed E-state index contributed by atoms with van der Waals surface area (Å²) in [4.78, 5) is 22.6. The molecule has 8 heteroatoms. The summed E-state index contributed by atoms with van der Waals surface area (Å²) in [7, 11) is 5.23. The topological polar surface area (TPSA) is 66.4 Å². The van der Waals surface area contributed by atoms with E-state index in [4.69, 9.17) is 9.47 Å². The van der Waals surface area contributed by atoms with Gasteiger partial charge in [-0.3, -0.25) is 4.79 Å². The second-order valence-electron chi connectivity index (χ2n) is 7.14. The molecular formula is C22H30N4O3S. The normalized spacial score (nSPS) is 13.6. The van der Waals surface area contributed by atoms with Crippen LogP contribution in [0.4, 0.5) is 0 Å². The molecule has 1 aromatic carbocycles. The van der Waals surface area contributed by atoms with Crippen LogP contribution in [0.15, 0.2) is 34.6 Å². The zero-order valence-corrected chi connectivity index (χ0v) is 18.9. The van der Waals surface area contributed by atoms with Crippen molar-refractivity contribution < 1.29 is 14.3 Å². The number of amides is 1. The Morgan fingerprint density at radius 2 is 2.13 bits per heavy atom. The molecule has 1 amide bonds. The number of nitrogens with zero attached hydrogens (tertiary/aromatic N) is 3. The third-order valence-corrected chi connectivity index (χ3v) is 6.15. The number of ether oxygens (including phenoxy) is 2. The second kappa shape index (κ2) is 10.3. The molecule has 0 bridgehead atoms. The number of fused-ring (bicyclic) bond motifs is 1. The van der Waals surface area contributed by atoms with Gasteiger partial charge in [-0.25, -0.2) is 4.99 Å². The first-order valence-corrected chi connectivity index (χ1v) is 11.0. The first-order chi connectivity index (χ1) is 14.5. The Bertz CT molecular complexity index is 896. The second-order valence-corrected chi connectivity index (χ2v) is 8.14. The third kappa shape index (κ3) is 5.24. The summed E-state index contributed by atoms with van der Waals surface area (Å²) >= 11 is 1.77. The van der Waals surface area contributed by atoms with Crippen molar-refractivity contribution in [3.05, 3.63) is 45.6 Å². The minimum absolute atomic E-state index is 0.0534. The average molecular weight is 431 g/mol. The van der Waals surface area contributed by atoms with Gasteiger partial charge in [0.05, 0.1) is 14.2 Å². The molecular weight excluding hydrogens is 400 g/mol. The predicted molar refractivity (Wildman–Crippen MR) is 120 cm³/mol. The number of methoxy groups -OCH3 is 2. The molecule has 1 N–H and O–H groups in total. The SMILES string of the molecule is CCNC(=NCC(=O)N1CCc2sccc2C1)N(C)Cc1ccc(OC)cc1OC. The van der Waals surface area contributed by atoms with Crippen LogP contribution in [0.5, 0.6) is 11.5 Å². The van der Waals surface area contributed by atoms with Crippen LogP contribution in [0.2, 0.25) is 0 Å². The van der Waals surface area contributed by atoms with Gasteiger partial charge in [0, 0.05) is 49.7 Å². The molecule has 0 fully saturated rings. The zero-order chi connectivity index (χ0) is 21.5. The van der Waals surface area contributed by atoms with Crippen LogP contribution in [0.25, 0.3) is 0 Å². The van der Waals surface area contributed by atoms with Crippen molar-refractivity contribution in [2.24, 2.45) is 4.99 Å². The molecule has 0 spiro atoms. The molecule has 1 aromatic heterocycles. The van der Waals surface area contributed by atoms with Gasteiger partial charge in [0.1, 0.15) is 18.0 Å². The number of carbonyl (C=O) groups excluding carboxylic acids is 1. The van der Waals surface area contributed by atoms with Crippen LogP contribution < -0.4 is 14.8 Å². The van der Waals surface area contributed by atoms with Crippen molar-refractivity contribution in [3.8, 4) is 11.5 Å². The van der Waals surface area contributed by atoms with Gasteiger partial charge >= 0.3 is 0 Å². The predicted octanol–water partition coefficient (Wildman–Crippen LogP) is 2.75. The molecule has 0 aliphatic carbocycles. The lowest BCUT2D eigenvalue weighted by atomic mass is 10.1. The van der Waals surface area contributed by atoms with Gasteiger partial charge in [0.25, 0.3) is 0 Å². The van der Waals surface area contributed by atoms with Gasteiger partial charge in [-0.15, -0.1) is 11.3 Å². The Hall–Kier alpha value is -2.74. The molecule has 1 aliphatic heterocycles. The number of benzene rings is 1. The molecule has 2 aromatic rings. The van der Waals surface area contributed by atoms with E-state index >= 15 is 0 Å². The smallest absolute Gasteiger partial charge is 0.244 e. The average Bonchev–Trinajstić information content (AvgIpc) is 3.24. The molecule has 0 saturated heterocycles. The molecule has 7 nitrogen and oxygen atoms in total. The number of thiophene rings is 1. The summed E-state index contributed by atoms with van der Waals surface area (Å²) in [5, 5.41) is 5.37. The molecule has 0 saturated carbocycles. The molecule has 162 valence electrons. The monoisotopic (exact) mass is 430 g/mol. The molecule has 0 atom stereocenters. The van der Waals surface area contributed by atoms with E-state index in [1.54, 1.807) is 25.6 Å². The van der Waals surface area contributed by atoms with Crippen LogP contribution in [0.3, 0.4) is 0 Å². The Labute approximate surface area is 182 Å². The minimum atomic E-state index is 0.0534. The van der Waals surface area contributed by atoms with Crippen molar-refractivity contribution in [2.75, 3.05) is 40.9 Å². The van der Waals surface area contributed by atoms with E-state index in [1.165, 1.54) is 10.4 Å². The van der Waals surface area contributed by atoms with Crippen LogP contribution in [-0.4, -0.2) is 62.6 Å². The Morgan fingerprint density at radius 1 is 1.30 bits per heavy atom. The number of nitrogens with one attached hydrogen (secondary N) is 1. The van der Waals surface area contributed by atoms with E-state index in [2.05, 4.69) is 21.8 Å². The number of aliphatic imine (C=N–C) groups is 1. The highest BCUT2D eigenvalue weighted by atomic mass is 32.1. The Kier molecular flexibility index (Phi) is 7.57. The fourth-order valence-corrected chi connectivity index (χ4v) is 4.38. The summed E-state index contributed by atoms with van der Waals surface area (Å²) in [6.07, 6.45) is 0.930. The van der Waals surface area contributed by atoms with Crippen molar-refractivity contribution in [1.29, 1.82) is 0 Å². The number of guanidine groups is 1. The fourth-order valence-electron chi connectivity index (χ4n) is 3.49. The number of hydrogen-bond donors (Lipinski definition) is 1. The summed E-state index contributed by atoms with van der Waals surface area (Å²) in [5.74, 6) is 2.25. The van der Waals surface area contributed by atoms with Gasteiger partial charge in [-0.2, -0.15) is 0 Å². The van der Waals surface area contributed by atoms with Crippen molar-refractivity contribution >= 4 is 23.2 Å². The van der Waals surface area contributed by atoms with E-state index in [-0.39, 0.29) is 12.5 Å². The lowest BCUT2D eigenvalue weighted by molar-refractivity contribution is -0.130. The van der Waals surface area contributed by atoms with Crippen LogP contribution in [-0.2, 0) is 24.3 Å². The van der Waals surface area contributed by atoms with E-state index in [1.807, 2.05) is 42.0 Å². The van der Waals surface area contributed by atoms with E-state index in [0.29, 0.717) is 19.0 Å². The van der Waals surface area contributed by atoms with Gasteiger partial charge in [-0.05, 0) is 42.5 Å². The summed E-state index contributed by atoms with van der Waals surface area (Å²) < 4.78 is 10.8. The Morgan fingerprint density at radius 3 is 2.87 bits per heavy atom. The number of hydrogen-bond acceptors (Lipinski definition) is 5. The van der Waals surface area contributed by atoms with E-state index < -0.39 is 0 Å². The maximum atomic E-state index is 12.7. The van der Waals surface area contributed by atoms with Gasteiger partial charge < -0.3 is 24.6 Å². The van der Waals surface area contributed by atoms with Gasteiger partial charge in [0.2, 0.25) is 5.91 Å². The van der Waals surface area contributed by atoms with Crippen molar-refractivity contribution in [2.45, 2.75) is 26.4 Å². The van der Waals surface area contributed by atoms with Crippen LogP contribution in [0, 0.1) is 0 Å². The number of rotatable bonds is 7. The van der Waals surface area contributed by atoms with Crippen LogP contribution >= 0.6 is 11.3 Å². The maximum Gasteiger partial charge on any atom is 0.244 e. The number of carbonyl (C=O) groups is 1. The first kappa shape index (κ1) is 22.0.